The Bertz CT molecular complexity index is 530. The first-order valence-corrected chi connectivity index (χ1v) is 5.46. The summed E-state index contributed by atoms with van der Waals surface area (Å²) in [7, 11) is 0. The summed E-state index contributed by atoms with van der Waals surface area (Å²) in [5, 5.41) is 3.76. The lowest BCUT2D eigenvalue weighted by Gasteiger charge is -2.00. The molecule has 0 bridgehead atoms. The Kier molecular flexibility index (Phi) is 2.78. The van der Waals surface area contributed by atoms with Crippen LogP contribution in [0.1, 0.15) is 26.5 Å². The number of carbonyl (C=O) groups excluding carboxylic acids is 1. The molecule has 1 aromatic carbocycles. The van der Waals surface area contributed by atoms with Gasteiger partial charge in [-0.05, 0) is 49.1 Å². The van der Waals surface area contributed by atoms with Crippen molar-refractivity contribution in [2.75, 3.05) is 0 Å². The Hall–Kier alpha value is -1.62. The molecule has 0 aliphatic rings. The second kappa shape index (κ2) is 4.09. The van der Waals surface area contributed by atoms with Crippen molar-refractivity contribution in [1.29, 1.82) is 0 Å². The quantitative estimate of drug-likeness (QED) is 0.752. The summed E-state index contributed by atoms with van der Waals surface area (Å²) in [6.07, 6.45) is 0. The van der Waals surface area contributed by atoms with Gasteiger partial charge < -0.3 is 0 Å². The first-order valence-electron chi connectivity index (χ1n) is 4.69. The number of ketones is 1. The van der Waals surface area contributed by atoms with Crippen LogP contribution in [0.2, 0.25) is 0 Å². The van der Waals surface area contributed by atoms with E-state index in [1.54, 1.807) is 19.9 Å². The lowest BCUT2D eigenvalue weighted by molar-refractivity contribution is 0.104. The first kappa shape index (κ1) is 10.9. The van der Waals surface area contributed by atoms with Crippen LogP contribution >= 0.6 is 11.5 Å². The van der Waals surface area contributed by atoms with Gasteiger partial charge in [-0.3, -0.25) is 4.79 Å². The van der Waals surface area contributed by atoms with E-state index in [0.29, 0.717) is 16.1 Å². The summed E-state index contributed by atoms with van der Waals surface area (Å²) in [6, 6.07) is 4.27. The maximum Gasteiger partial charge on any atom is 0.206 e. The number of aryl methyl sites for hydroxylation is 2. The average Bonchev–Trinajstić information content (AvgIpc) is 2.62. The highest BCUT2D eigenvalue weighted by molar-refractivity contribution is 7.08. The van der Waals surface area contributed by atoms with Crippen molar-refractivity contribution in [3.8, 4) is 0 Å². The van der Waals surface area contributed by atoms with Crippen molar-refractivity contribution < 1.29 is 9.18 Å². The van der Waals surface area contributed by atoms with Crippen LogP contribution in [0.4, 0.5) is 4.39 Å². The van der Waals surface area contributed by atoms with Gasteiger partial charge in [-0.15, -0.1) is 5.10 Å². The van der Waals surface area contributed by atoms with Gasteiger partial charge in [0.25, 0.3) is 0 Å². The van der Waals surface area contributed by atoms with E-state index in [0.717, 1.165) is 17.1 Å². The topological polar surface area (TPSA) is 42.9 Å². The average molecular weight is 236 g/mol. The van der Waals surface area contributed by atoms with Crippen LogP contribution in [-0.2, 0) is 0 Å². The second-order valence-corrected chi connectivity index (χ2v) is 4.29. The summed E-state index contributed by atoms with van der Waals surface area (Å²) >= 11 is 1.03. The normalized spacial score (nSPS) is 10.4. The molecular formula is C11H9FN2OS. The maximum atomic E-state index is 13.2. The Morgan fingerprint density at radius 1 is 1.31 bits per heavy atom. The molecule has 1 heterocycles. The molecule has 0 N–H and O–H groups in total. The molecule has 0 fully saturated rings. The molecule has 0 saturated carbocycles. The monoisotopic (exact) mass is 236 g/mol. The third kappa shape index (κ3) is 1.99. The molecule has 0 unspecified atom stereocenters. The predicted octanol–water partition coefficient (Wildman–Crippen LogP) is 2.53. The van der Waals surface area contributed by atoms with Crippen LogP contribution in [0.25, 0.3) is 0 Å². The number of aromatic nitrogens is 2. The van der Waals surface area contributed by atoms with Crippen molar-refractivity contribution in [3.63, 3.8) is 0 Å². The smallest absolute Gasteiger partial charge is 0.206 e. The first-order chi connectivity index (χ1) is 7.58. The van der Waals surface area contributed by atoms with Crippen LogP contribution in [0, 0.1) is 19.7 Å². The lowest BCUT2D eigenvalue weighted by Crippen LogP contribution is -2.02. The highest BCUT2D eigenvalue weighted by Crippen LogP contribution is 2.17. The molecule has 0 spiro atoms. The number of halogens is 1. The van der Waals surface area contributed by atoms with Gasteiger partial charge >= 0.3 is 0 Å². The van der Waals surface area contributed by atoms with Gasteiger partial charge in [-0.25, -0.2) is 4.39 Å². The molecule has 0 aliphatic heterocycles. The van der Waals surface area contributed by atoms with Gasteiger partial charge in [0.05, 0.1) is 5.69 Å². The van der Waals surface area contributed by atoms with E-state index in [-0.39, 0.29) is 5.78 Å². The van der Waals surface area contributed by atoms with Gasteiger partial charge in [0, 0.05) is 5.56 Å². The van der Waals surface area contributed by atoms with Crippen molar-refractivity contribution in [2.45, 2.75) is 13.8 Å². The van der Waals surface area contributed by atoms with E-state index < -0.39 is 5.82 Å². The van der Waals surface area contributed by atoms with Crippen molar-refractivity contribution in [3.05, 3.63) is 45.7 Å². The van der Waals surface area contributed by atoms with Crippen LogP contribution in [0.3, 0.4) is 0 Å². The number of nitrogens with zero attached hydrogens (tertiary/aromatic N) is 2. The van der Waals surface area contributed by atoms with Crippen LogP contribution in [0.5, 0.6) is 0 Å². The molecular weight excluding hydrogens is 227 g/mol. The Morgan fingerprint density at radius 3 is 2.62 bits per heavy atom. The summed E-state index contributed by atoms with van der Waals surface area (Å²) in [5.74, 6) is -0.631. The second-order valence-electron chi connectivity index (χ2n) is 3.53. The summed E-state index contributed by atoms with van der Waals surface area (Å²) < 4.78 is 16.8. The molecule has 3 nitrogen and oxygen atoms in total. The Labute approximate surface area is 96.1 Å². The zero-order valence-electron chi connectivity index (χ0n) is 8.82. The van der Waals surface area contributed by atoms with Gasteiger partial charge in [-0.1, -0.05) is 4.49 Å². The van der Waals surface area contributed by atoms with Crippen LogP contribution in [0.15, 0.2) is 18.2 Å². The maximum absolute atomic E-state index is 13.2. The van der Waals surface area contributed by atoms with Gasteiger partial charge in [0.15, 0.2) is 0 Å². The van der Waals surface area contributed by atoms with E-state index in [2.05, 4.69) is 9.59 Å². The number of benzene rings is 1. The van der Waals surface area contributed by atoms with E-state index in [4.69, 9.17) is 0 Å². The number of rotatable bonds is 2. The van der Waals surface area contributed by atoms with Crippen LogP contribution in [-0.4, -0.2) is 15.4 Å². The van der Waals surface area contributed by atoms with Crippen molar-refractivity contribution in [1.82, 2.24) is 9.59 Å². The number of hydrogen-bond acceptors (Lipinski definition) is 4. The molecule has 82 valence electrons. The summed E-state index contributed by atoms with van der Waals surface area (Å²) in [6.45, 7) is 3.46. The molecule has 0 atom stereocenters. The lowest BCUT2D eigenvalue weighted by atomic mass is 10.1. The third-order valence-corrected chi connectivity index (χ3v) is 2.99. The minimum absolute atomic E-state index is 0.227. The SMILES string of the molecule is Cc1cc(F)cc(C(=O)c2snnc2C)c1. The highest BCUT2D eigenvalue weighted by Gasteiger charge is 2.16. The summed E-state index contributed by atoms with van der Waals surface area (Å²) in [5.41, 5.74) is 1.64. The van der Waals surface area contributed by atoms with Crippen molar-refractivity contribution in [2.24, 2.45) is 0 Å². The fourth-order valence-electron chi connectivity index (χ4n) is 1.44. The van der Waals surface area contributed by atoms with E-state index in [9.17, 15) is 9.18 Å². The van der Waals surface area contributed by atoms with Gasteiger partial charge in [0.2, 0.25) is 5.78 Å². The highest BCUT2D eigenvalue weighted by atomic mass is 32.1. The summed E-state index contributed by atoms with van der Waals surface area (Å²) in [4.78, 5) is 12.5. The molecule has 0 radical (unpaired) electrons. The van der Waals surface area contributed by atoms with Gasteiger partial charge in [-0.2, -0.15) is 0 Å². The molecule has 16 heavy (non-hydrogen) atoms. The predicted molar refractivity (Wildman–Crippen MR) is 59.2 cm³/mol. The Morgan fingerprint density at radius 2 is 2.06 bits per heavy atom. The molecule has 1 aromatic heterocycles. The van der Waals surface area contributed by atoms with E-state index in [1.807, 2.05) is 0 Å². The fraction of sp³-hybridized carbons (Fsp3) is 0.182. The minimum Gasteiger partial charge on any atom is -0.288 e. The number of carbonyl (C=O) groups is 1. The molecule has 5 heteroatoms. The van der Waals surface area contributed by atoms with Gasteiger partial charge in [0.1, 0.15) is 10.7 Å². The van der Waals surface area contributed by atoms with E-state index in [1.165, 1.54) is 12.1 Å². The standard InChI is InChI=1S/C11H9FN2OS/c1-6-3-8(5-9(12)4-6)10(15)11-7(2)13-14-16-11/h3-5H,1-2H3. The molecule has 0 saturated heterocycles. The van der Waals surface area contributed by atoms with E-state index >= 15 is 0 Å². The molecule has 0 amide bonds. The third-order valence-electron chi connectivity index (χ3n) is 2.16. The molecule has 2 aromatic rings. The van der Waals surface area contributed by atoms with Crippen molar-refractivity contribution >= 4 is 17.3 Å². The fourth-order valence-corrected chi connectivity index (χ4v) is 2.06. The zero-order chi connectivity index (χ0) is 11.7. The van der Waals surface area contributed by atoms with Crippen LogP contribution < -0.4 is 0 Å². The Balaban J connectivity index is 2.45. The minimum atomic E-state index is -0.404. The molecule has 0 aliphatic carbocycles. The number of hydrogen-bond donors (Lipinski definition) is 0. The zero-order valence-corrected chi connectivity index (χ0v) is 9.64. The largest absolute Gasteiger partial charge is 0.288 e. The molecule has 2 rings (SSSR count).